The summed E-state index contributed by atoms with van der Waals surface area (Å²) in [5.41, 5.74) is 0.820. The second kappa shape index (κ2) is 4.72. The zero-order chi connectivity index (χ0) is 12.3. The van der Waals surface area contributed by atoms with Crippen molar-refractivity contribution in [2.75, 3.05) is 19.0 Å². The van der Waals surface area contributed by atoms with Gasteiger partial charge in [-0.1, -0.05) is 18.2 Å². The number of fused-ring (bicyclic) bond motifs is 1. The number of rotatable bonds is 4. The molecule has 1 aromatic heterocycles. The Morgan fingerprint density at radius 3 is 2.71 bits per heavy atom. The van der Waals surface area contributed by atoms with Gasteiger partial charge in [0.15, 0.2) is 0 Å². The van der Waals surface area contributed by atoms with E-state index in [0.717, 1.165) is 23.3 Å². The summed E-state index contributed by atoms with van der Waals surface area (Å²) in [4.78, 5) is 4.55. The van der Waals surface area contributed by atoms with Gasteiger partial charge in [0.05, 0.1) is 11.1 Å². The van der Waals surface area contributed by atoms with E-state index >= 15 is 0 Å². The molecule has 2 rings (SSSR count). The van der Waals surface area contributed by atoms with Crippen LogP contribution < -0.4 is 5.32 Å². The minimum atomic E-state index is -0.187. The second-order valence-corrected chi connectivity index (χ2v) is 4.71. The van der Waals surface area contributed by atoms with Gasteiger partial charge in [0, 0.05) is 19.0 Å². The smallest absolute Gasteiger partial charge is 0.126 e. The van der Waals surface area contributed by atoms with E-state index < -0.39 is 0 Å². The molecular formula is C14H18N2O. The molecule has 2 aromatic rings. The van der Waals surface area contributed by atoms with Crippen LogP contribution in [0.15, 0.2) is 36.4 Å². The van der Waals surface area contributed by atoms with Gasteiger partial charge >= 0.3 is 0 Å². The van der Waals surface area contributed by atoms with Gasteiger partial charge in [-0.05, 0) is 32.0 Å². The highest BCUT2D eigenvalue weighted by molar-refractivity contribution is 5.80. The average Bonchev–Trinajstić information content (AvgIpc) is 2.36. The topological polar surface area (TPSA) is 34.1 Å². The molecule has 1 heterocycles. The molecule has 0 aliphatic carbocycles. The van der Waals surface area contributed by atoms with Gasteiger partial charge in [-0.15, -0.1) is 0 Å². The molecule has 17 heavy (non-hydrogen) atoms. The normalized spacial score (nSPS) is 11.7. The first kappa shape index (κ1) is 11.9. The monoisotopic (exact) mass is 230 g/mol. The number of nitrogens with one attached hydrogen (secondary N) is 1. The fourth-order valence-corrected chi connectivity index (χ4v) is 1.54. The lowest BCUT2D eigenvalue weighted by atomic mass is 10.1. The summed E-state index contributed by atoms with van der Waals surface area (Å²) < 4.78 is 5.36. The maximum atomic E-state index is 5.36. The van der Waals surface area contributed by atoms with E-state index in [1.807, 2.05) is 38.1 Å². The Morgan fingerprint density at radius 2 is 1.94 bits per heavy atom. The maximum Gasteiger partial charge on any atom is 0.126 e. The molecule has 0 atom stereocenters. The van der Waals surface area contributed by atoms with Gasteiger partial charge in [-0.2, -0.15) is 0 Å². The molecule has 3 nitrogen and oxygen atoms in total. The van der Waals surface area contributed by atoms with Crippen molar-refractivity contribution in [2.45, 2.75) is 19.4 Å². The van der Waals surface area contributed by atoms with E-state index in [9.17, 15) is 0 Å². The van der Waals surface area contributed by atoms with Gasteiger partial charge in [0.25, 0.3) is 0 Å². The van der Waals surface area contributed by atoms with Crippen LogP contribution in [0.25, 0.3) is 10.9 Å². The first-order valence-corrected chi connectivity index (χ1v) is 5.75. The van der Waals surface area contributed by atoms with Crippen LogP contribution in [-0.2, 0) is 4.74 Å². The zero-order valence-electron chi connectivity index (χ0n) is 10.5. The van der Waals surface area contributed by atoms with Gasteiger partial charge in [0.1, 0.15) is 5.82 Å². The predicted molar refractivity (Wildman–Crippen MR) is 71.3 cm³/mol. The highest BCUT2D eigenvalue weighted by Gasteiger charge is 2.15. The Morgan fingerprint density at radius 1 is 1.18 bits per heavy atom. The molecule has 0 aliphatic heterocycles. The zero-order valence-corrected chi connectivity index (χ0v) is 10.5. The molecule has 0 bridgehead atoms. The van der Waals surface area contributed by atoms with E-state index in [2.05, 4.69) is 22.4 Å². The Balaban J connectivity index is 2.14. The molecule has 0 saturated carbocycles. The van der Waals surface area contributed by atoms with Gasteiger partial charge in [-0.3, -0.25) is 0 Å². The maximum absolute atomic E-state index is 5.36. The standard InChI is InChI=1S/C14H18N2O/c1-14(2,17-3)10-15-13-9-8-11-6-4-5-7-12(11)16-13/h4-9H,10H2,1-3H3,(H,15,16). The largest absolute Gasteiger partial charge is 0.377 e. The number of ether oxygens (including phenoxy) is 1. The van der Waals surface area contributed by atoms with Crippen LogP contribution in [0.5, 0.6) is 0 Å². The number of methoxy groups -OCH3 is 1. The summed E-state index contributed by atoms with van der Waals surface area (Å²) in [7, 11) is 1.72. The van der Waals surface area contributed by atoms with E-state index in [1.54, 1.807) is 7.11 Å². The van der Waals surface area contributed by atoms with E-state index in [1.165, 1.54) is 0 Å². The minimum Gasteiger partial charge on any atom is -0.377 e. The third-order valence-electron chi connectivity index (χ3n) is 2.85. The Kier molecular flexibility index (Phi) is 3.29. The van der Waals surface area contributed by atoms with Crippen molar-refractivity contribution < 1.29 is 4.74 Å². The lowest BCUT2D eigenvalue weighted by Gasteiger charge is -2.23. The summed E-state index contributed by atoms with van der Waals surface area (Å²) in [6, 6.07) is 12.2. The molecule has 90 valence electrons. The molecule has 1 N–H and O–H groups in total. The van der Waals surface area contributed by atoms with Crippen molar-refractivity contribution >= 4 is 16.7 Å². The quantitative estimate of drug-likeness (QED) is 0.876. The Hall–Kier alpha value is -1.61. The number of nitrogens with zero attached hydrogens (tertiary/aromatic N) is 1. The SMILES string of the molecule is COC(C)(C)CNc1ccc2ccccc2n1. The van der Waals surface area contributed by atoms with E-state index in [-0.39, 0.29) is 5.60 Å². The first-order valence-electron chi connectivity index (χ1n) is 5.75. The van der Waals surface area contributed by atoms with Crippen LogP contribution in [0, 0.1) is 0 Å². The second-order valence-electron chi connectivity index (χ2n) is 4.71. The molecule has 0 spiro atoms. The third-order valence-corrected chi connectivity index (χ3v) is 2.85. The summed E-state index contributed by atoms with van der Waals surface area (Å²) in [6.45, 7) is 4.82. The van der Waals surface area contributed by atoms with Crippen LogP contribution >= 0.6 is 0 Å². The van der Waals surface area contributed by atoms with Crippen molar-refractivity contribution in [3.8, 4) is 0 Å². The van der Waals surface area contributed by atoms with E-state index in [0.29, 0.717) is 0 Å². The third kappa shape index (κ3) is 2.94. The summed E-state index contributed by atoms with van der Waals surface area (Å²) in [5, 5.41) is 4.45. The number of para-hydroxylation sites is 1. The number of anilines is 1. The molecule has 0 fully saturated rings. The molecule has 1 aromatic carbocycles. The molecule has 0 saturated heterocycles. The molecule has 0 unspecified atom stereocenters. The molecule has 0 amide bonds. The van der Waals surface area contributed by atoms with E-state index in [4.69, 9.17) is 4.74 Å². The summed E-state index contributed by atoms with van der Waals surface area (Å²) in [5.74, 6) is 0.883. The fourth-order valence-electron chi connectivity index (χ4n) is 1.54. The van der Waals surface area contributed by atoms with Crippen molar-refractivity contribution in [2.24, 2.45) is 0 Å². The van der Waals surface area contributed by atoms with Crippen molar-refractivity contribution in [3.05, 3.63) is 36.4 Å². The van der Waals surface area contributed by atoms with Crippen molar-refractivity contribution in [1.29, 1.82) is 0 Å². The van der Waals surface area contributed by atoms with Crippen molar-refractivity contribution in [1.82, 2.24) is 4.98 Å². The van der Waals surface area contributed by atoms with Crippen LogP contribution in [0.3, 0.4) is 0 Å². The lowest BCUT2D eigenvalue weighted by Crippen LogP contribution is -2.32. The summed E-state index contributed by atoms with van der Waals surface area (Å²) in [6.07, 6.45) is 0. The van der Waals surface area contributed by atoms with Gasteiger partial charge in [0.2, 0.25) is 0 Å². The molecule has 0 radical (unpaired) electrons. The van der Waals surface area contributed by atoms with Gasteiger partial charge in [-0.25, -0.2) is 4.98 Å². The Labute approximate surface area is 102 Å². The minimum absolute atomic E-state index is 0.187. The van der Waals surface area contributed by atoms with Crippen LogP contribution in [-0.4, -0.2) is 24.2 Å². The number of benzene rings is 1. The molecular weight excluding hydrogens is 212 g/mol. The molecule has 3 heteroatoms. The first-order chi connectivity index (χ1) is 8.11. The average molecular weight is 230 g/mol. The lowest BCUT2D eigenvalue weighted by molar-refractivity contribution is 0.0343. The van der Waals surface area contributed by atoms with Crippen LogP contribution in [0.2, 0.25) is 0 Å². The highest BCUT2D eigenvalue weighted by Crippen LogP contribution is 2.15. The van der Waals surface area contributed by atoms with Gasteiger partial charge < -0.3 is 10.1 Å². The van der Waals surface area contributed by atoms with Crippen LogP contribution in [0.1, 0.15) is 13.8 Å². The fraction of sp³-hybridized carbons (Fsp3) is 0.357. The number of pyridine rings is 1. The number of hydrogen-bond donors (Lipinski definition) is 1. The number of aromatic nitrogens is 1. The highest BCUT2D eigenvalue weighted by atomic mass is 16.5. The Bertz CT molecular complexity index is 508. The number of hydrogen-bond acceptors (Lipinski definition) is 3. The molecule has 0 aliphatic rings. The van der Waals surface area contributed by atoms with Crippen molar-refractivity contribution in [3.63, 3.8) is 0 Å². The summed E-state index contributed by atoms with van der Waals surface area (Å²) >= 11 is 0. The van der Waals surface area contributed by atoms with Crippen LogP contribution in [0.4, 0.5) is 5.82 Å². The predicted octanol–water partition coefficient (Wildman–Crippen LogP) is 3.07.